The van der Waals surface area contributed by atoms with Crippen molar-refractivity contribution in [1.82, 2.24) is 9.55 Å². The number of fused-ring (bicyclic) bond motifs is 3. The van der Waals surface area contributed by atoms with E-state index in [4.69, 9.17) is 9.40 Å². The summed E-state index contributed by atoms with van der Waals surface area (Å²) in [6.07, 6.45) is 3.16. The van der Waals surface area contributed by atoms with Crippen molar-refractivity contribution in [2.24, 2.45) is 10.8 Å². The average Bonchev–Trinajstić information content (AvgIpc) is 3.31. The van der Waals surface area contributed by atoms with Crippen LogP contribution in [0, 0.1) is 16.9 Å². The maximum Gasteiger partial charge on any atom is 0.164 e. The molecule has 1 N–H and O–H groups in total. The summed E-state index contributed by atoms with van der Waals surface area (Å²) in [6, 6.07) is 32.9. The van der Waals surface area contributed by atoms with Crippen molar-refractivity contribution in [3.8, 4) is 5.69 Å². The van der Waals surface area contributed by atoms with Gasteiger partial charge in [0.1, 0.15) is 16.9 Å². The molecule has 1 radical (unpaired) electrons. The topological polar surface area (TPSA) is 68.3 Å². The number of furan rings is 1. The normalized spacial score (nSPS) is 12.5. The Morgan fingerprint density at radius 2 is 1.50 bits per heavy atom. The molecule has 0 aliphatic rings. The zero-order chi connectivity index (χ0) is 30.5. The molecule has 0 fully saturated rings. The first-order valence-electron chi connectivity index (χ1n) is 14.5. The number of carbonyl (C=O) groups excluding carboxylic acids is 1. The quantitative estimate of drug-likeness (QED) is 0.108. The zero-order valence-corrected chi connectivity index (χ0v) is 28.1. The number of para-hydroxylation sites is 1. The molecule has 7 aromatic rings. The van der Waals surface area contributed by atoms with E-state index in [2.05, 4.69) is 77.4 Å². The van der Waals surface area contributed by atoms with Gasteiger partial charge in [-0.3, -0.25) is 9.78 Å². The van der Waals surface area contributed by atoms with Crippen LogP contribution in [0.4, 0.5) is 0 Å². The number of nitrogens with zero attached hydrogens (tertiary/aromatic N) is 2. The number of pyridine rings is 1. The van der Waals surface area contributed by atoms with E-state index in [9.17, 15) is 9.90 Å². The average molecular weight is 760 g/mol. The van der Waals surface area contributed by atoms with E-state index in [1.165, 1.54) is 6.08 Å². The Hall–Kier alpha value is -4.25. The van der Waals surface area contributed by atoms with Gasteiger partial charge in [0.15, 0.2) is 5.78 Å². The van der Waals surface area contributed by atoms with Crippen molar-refractivity contribution in [3.05, 3.63) is 109 Å². The number of aromatic nitrogens is 2. The Balaban J connectivity index is 0.000000237. The molecule has 5 nitrogen and oxygen atoms in total. The van der Waals surface area contributed by atoms with Crippen molar-refractivity contribution in [2.75, 3.05) is 0 Å². The Kier molecular flexibility index (Phi) is 8.28. The molecule has 0 saturated heterocycles. The fraction of sp³-hybridized carbons (Fsp3) is 0.211. The summed E-state index contributed by atoms with van der Waals surface area (Å²) in [7, 11) is 0. The number of hydrogen-bond acceptors (Lipinski definition) is 4. The molecular formula is C38H35IrN2O3-. The van der Waals surface area contributed by atoms with Crippen LogP contribution in [0.3, 0.4) is 0 Å². The number of aliphatic hydroxyl groups is 1. The van der Waals surface area contributed by atoms with Crippen LogP contribution in [0.15, 0.2) is 107 Å². The van der Waals surface area contributed by atoms with Gasteiger partial charge in [-0.05, 0) is 35.8 Å². The van der Waals surface area contributed by atoms with Crippen molar-refractivity contribution in [1.29, 1.82) is 0 Å². The molecule has 3 heterocycles. The van der Waals surface area contributed by atoms with Crippen LogP contribution in [-0.2, 0) is 24.9 Å². The first-order chi connectivity index (χ1) is 20.4. The second kappa shape index (κ2) is 11.7. The smallest absolute Gasteiger partial charge is 0.164 e. The second-order valence-electron chi connectivity index (χ2n) is 13.0. The van der Waals surface area contributed by atoms with Crippen LogP contribution in [0.1, 0.15) is 41.5 Å². The number of hydrogen-bond donors (Lipinski definition) is 1. The third-order valence-electron chi connectivity index (χ3n) is 7.66. The van der Waals surface area contributed by atoms with Gasteiger partial charge in [0.2, 0.25) is 0 Å². The first-order valence-corrected chi connectivity index (χ1v) is 14.5. The van der Waals surface area contributed by atoms with Gasteiger partial charge in [-0.2, -0.15) is 0 Å². The summed E-state index contributed by atoms with van der Waals surface area (Å²) in [5.74, 6) is 0.104. The molecule has 0 atom stereocenters. The molecule has 0 saturated carbocycles. The van der Waals surface area contributed by atoms with E-state index in [0.29, 0.717) is 0 Å². The summed E-state index contributed by atoms with van der Waals surface area (Å²) in [5.41, 5.74) is 5.13. The first kappa shape index (κ1) is 31.2. The molecule has 0 unspecified atom stereocenters. The SMILES string of the molecule is CC(C)(C)C(=O)/C=C(\O)C(C)(C)C.[Ir].[c-]1c2ccccc2cc2c1c1nccc3oc4cccc(c4c31)n2-c1ccccc1. The van der Waals surface area contributed by atoms with Crippen LogP contribution in [-0.4, -0.2) is 20.4 Å². The van der Waals surface area contributed by atoms with Gasteiger partial charge < -0.3 is 14.1 Å². The third kappa shape index (κ3) is 5.68. The molecule has 0 amide bonds. The molecule has 7 rings (SSSR count). The van der Waals surface area contributed by atoms with Gasteiger partial charge in [0.25, 0.3) is 0 Å². The Labute approximate surface area is 270 Å². The van der Waals surface area contributed by atoms with Gasteiger partial charge >= 0.3 is 0 Å². The summed E-state index contributed by atoms with van der Waals surface area (Å²) < 4.78 is 8.52. The molecule has 4 aromatic carbocycles. The fourth-order valence-corrected chi connectivity index (χ4v) is 5.17. The van der Waals surface area contributed by atoms with Crippen LogP contribution in [0.5, 0.6) is 0 Å². The monoisotopic (exact) mass is 760 g/mol. The van der Waals surface area contributed by atoms with Crippen molar-refractivity contribution in [3.63, 3.8) is 0 Å². The second-order valence-corrected chi connectivity index (χ2v) is 13.0. The summed E-state index contributed by atoms with van der Waals surface area (Å²) in [4.78, 5) is 16.3. The van der Waals surface area contributed by atoms with Crippen LogP contribution in [0.25, 0.3) is 60.3 Å². The van der Waals surface area contributed by atoms with Crippen LogP contribution >= 0.6 is 0 Å². The van der Waals surface area contributed by atoms with E-state index in [1.54, 1.807) is 0 Å². The minimum absolute atomic E-state index is 0. The van der Waals surface area contributed by atoms with E-state index in [0.717, 1.165) is 60.3 Å². The molecule has 3 aromatic heterocycles. The summed E-state index contributed by atoms with van der Waals surface area (Å²) >= 11 is 0. The molecule has 0 aliphatic carbocycles. The molecule has 44 heavy (non-hydrogen) atoms. The maximum atomic E-state index is 11.5. The molecule has 0 aliphatic heterocycles. The van der Waals surface area contributed by atoms with E-state index in [1.807, 2.05) is 65.9 Å². The molecule has 225 valence electrons. The van der Waals surface area contributed by atoms with Gasteiger partial charge in [-0.15, -0.1) is 17.5 Å². The molecule has 6 heteroatoms. The van der Waals surface area contributed by atoms with Gasteiger partial charge in [-0.1, -0.05) is 101 Å². The van der Waals surface area contributed by atoms with Gasteiger partial charge in [0, 0.05) is 65.2 Å². The van der Waals surface area contributed by atoms with Crippen LogP contribution < -0.4 is 0 Å². The maximum absolute atomic E-state index is 11.5. The molecular weight excluding hydrogens is 725 g/mol. The fourth-order valence-electron chi connectivity index (χ4n) is 5.17. The Morgan fingerprint density at radius 1 is 0.818 bits per heavy atom. The van der Waals surface area contributed by atoms with Crippen molar-refractivity contribution < 1.29 is 34.4 Å². The van der Waals surface area contributed by atoms with E-state index < -0.39 is 5.41 Å². The Bertz CT molecular complexity index is 2180. The Morgan fingerprint density at radius 3 is 2.20 bits per heavy atom. The zero-order valence-electron chi connectivity index (χ0n) is 25.7. The minimum atomic E-state index is -0.417. The van der Waals surface area contributed by atoms with Gasteiger partial charge in [-0.25, -0.2) is 0 Å². The number of allylic oxidation sites excluding steroid dienone is 2. The standard InChI is InChI=1S/C27H15N2O.C11H20O2.Ir/c1-2-9-19(10-3-1)29-21-11-6-12-23-25(21)26-24(30-23)13-14-28-27(26)20-15-17-7-4-5-8-18(17)16-22(20)29;1-10(2,3)8(12)7-9(13)11(4,5)6;/h1-14,16H;7,12H,1-6H3;/q-1;;/b;8-7-;. The number of carbonyl (C=O) groups is 1. The summed E-state index contributed by atoms with van der Waals surface area (Å²) in [5, 5.41) is 14.9. The van der Waals surface area contributed by atoms with Crippen LogP contribution in [0.2, 0.25) is 0 Å². The number of ketones is 1. The number of benzene rings is 4. The van der Waals surface area contributed by atoms with Gasteiger partial charge in [0.05, 0.1) is 5.52 Å². The third-order valence-corrected chi connectivity index (χ3v) is 7.66. The minimum Gasteiger partial charge on any atom is -0.512 e. The van der Waals surface area contributed by atoms with E-state index >= 15 is 0 Å². The molecule has 0 bridgehead atoms. The predicted octanol–water partition coefficient (Wildman–Crippen LogP) is 10.1. The van der Waals surface area contributed by atoms with Crippen molar-refractivity contribution >= 4 is 60.4 Å². The predicted molar refractivity (Wildman–Crippen MR) is 177 cm³/mol. The number of aliphatic hydroxyl groups excluding tert-OH is 1. The molecule has 0 spiro atoms. The summed E-state index contributed by atoms with van der Waals surface area (Å²) in [6.45, 7) is 11.1. The van der Waals surface area contributed by atoms with E-state index in [-0.39, 0.29) is 37.1 Å². The number of rotatable bonds is 2. The largest absolute Gasteiger partial charge is 0.512 e. The van der Waals surface area contributed by atoms with Crippen molar-refractivity contribution in [2.45, 2.75) is 41.5 Å².